The Balaban J connectivity index is 2.12. The molecule has 1 atom stereocenters. The van der Waals surface area contributed by atoms with E-state index in [4.69, 9.17) is 4.74 Å². The van der Waals surface area contributed by atoms with E-state index in [9.17, 15) is 9.59 Å². The van der Waals surface area contributed by atoms with Crippen LogP contribution in [0.5, 0.6) is 0 Å². The van der Waals surface area contributed by atoms with Gasteiger partial charge in [-0.15, -0.1) is 0 Å². The third-order valence-corrected chi connectivity index (χ3v) is 3.75. The molecule has 1 aliphatic rings. The Morgan fingerprint density at radius 3 is 3.05 bits per heavy atom. The van der Waals surface area contributed by atoms with Crippen molar-refractivity contribution in [3.8, 4) is 0 Å². The Bertz CT molecular complexity index is 689. The summed E-state index contributed by atoms with van der Waals surface area (Å²) in [5.41, 5.74) is 2.78. The largest absolute Gasteiger partial charge is 0.465 e. The predicted molar refractivity (Wildman–Crippen MR) is 75.5 cm³/mol. The second-order valence-corrected chi connectivity index (χ2v) is 4.92. The average Bonchev–Trinajstić information content (AvgIpc) is 2.82. The van der Waals surface area contributed by atoms with Crippen molar-refractivity contribution >= 4 is 28.5 Å². The molecular weight excluding hydrogens is 256 g/mol. The zero-order chi connectivity index (χ0) is 14.3. The zero-order valence-electron chi connectivity index (χ0n) is 11.5. The number of nitrogens with one attached hydrogen (secondary N) is 1. The molecule has 1 unspecified atom stereocenters. The van der Waals surface area contributed by atoms with Crippen molar-refractivity contribution in [3.05, 3.63) is 30.0 Å². The number of anilines is 1. The van der Waals surface area contributed by atoms with E-state index in [0.29, 0.717) is 6.42 Å². The summed E-state index contributed by atoms with van der Waals surface area (Å²) < 4.78 is 5.03. The molecule has 1 aromatic heterocycles. The third kappa shape index (κ3) is 1.78. The van der Waals surface area contributed by atoms with Crippen LogP contribution in [0.25, 0.3) is 10.9 Å². The van der Waals surface area contributed by atoms with Crippen molar-refractivity contribution in [2.45, 2.75) is 13.3 Å². The van der Waals surface area contributed by atoms with Gasteiger partial charge in [0.15, 0.2) is 0 Å². The molecule has 1 aromatic carbocycles. The first-order valence-corrected chi connectivity index (χ1v) is 6.66. The van der Waals surface area contributed by atoms with Gasteiger partial charge in [0.1, 0.15) is 5.92 Å². The van der Waals surface area contributed by atoms with Gasteiger partial charge < -0.3 is 14.6 Å². The quantitative estimate of drug-likeness (QED) is 0.670. The van der Waals surface area contributed by atoms with Gasteiger partial charge in [-0.25, -0.2) is 0 Å². The number of ether oxygens (including phenoxy) is 1. The lowest BCUT2D eigenvalue weighted by molar-refractivity contribution is -0.151. The summed E-state index contributed by atoms with van der Waals surface area (Å²) in [5.74, 6) is -1.44. The van der Waals surface area contributed by atoms with E-state index in [0.717, 1.165) is 22.2 Å². The van der Waals surface area contributed by atoms with Crippen molar-refractivity contribution in [2.75, 3.05) is 18.6 Å². The number of hydrogen-bond donors (Lipinski definition) is 1. The summed E-state index contributed by atoms with van der Waals surface area (Å²) in [5, 5.41) is 1.01. The van der Waals surface area contributed by atoms with Crippen LogP contribution in [-0.2, 0) is 20.7 Å². The molecule has 0 spiro atoms. The molecule has 0 bridgehead atoms. The molecule has 2 aromatic rings. The minimum atomic E-state index is -0.772. The van der Waals surface area contributed by atoms with E-state index < -0.39 is 11.9 Å². The van der Waals surface area contributed by atoms with Crippen molar-refractivity contribution in [1.29, 1.82) is 0 Å². The van der Waals surface area contributed by atoms with Crippen LogP contribution in [0.4, 0.5) is 5.69 Å². The van der Waals surface area contributed by atoms with E-state index in [2.05, 4.69) is 4.98 Å². The summed E-state index contributed by atoms with van der Waals surface area (Å²) in [6, 6.07) is 5.75. The van der Waals surface area contributed by atoms with Crippen molar-refractivity contribution in [3.63, 3.8) is 0 Å². The molecule has 0 fully saturated rings. The second kappa shape index (κ2) is 4.67. The summed E-state index contributed by atoms with van der Waals surface area (Å²) in [7, 11) is 1.70. The van der Waals surface area contributed by atoms with Gasteiger partial charge in [0.25, 0.3) is 0 Å². The monoisotopic (exact) mass is 272 g/mol. The first-order valence-electron chi connectivity index (χ1n) is 6.66. The number of benzene rings is 1. The normalized spacial score (nSPS) is 18.2. The van der Waals surface area contributed by atoms with Crippen LogP contribution in [-0.4, -0.2) is 30.5 Å². The highest BCUT2D eigenvalue weighted by atomic mass is 16.5. The molecule has 20 heavy (non-hydrogen) atoms. The Morgan fingerprint density at radius 1 is 1.50 bits per heavy atom. The Morgan fingerprint density at radius 2 is 2.30 bits per heavy atom. The number of carbonyl (C=O) groups excluding carboxylic acids is 2. The Hall–Kier alpha value is -2.30. The maximum absolute atomic E-state index is 12.5. The summed E-state index contributed by atoms with van der Waals surface area (Å²) in [4.78, 5) is 29.2. The molecule has 1 amide bonds. The molecule has 1 aliphatic heterocycles. The number of H-pyrrole nitrogens is 1. The van der Waals surface area contributed by atoms with Crippen LogP contribution in [0.1, 0.15) is 12.5 Å². The minimum Gasteiger partial charge on any atom is -0.465 e. The fourth-order valence-corrected chi connectivity index (χ4v) is 2.76. The van der Waals surface area contributed by atoms with E-state index >= 15 is 0 Å². The number of carbonyl (C=O) groups is 2. The third-order valence-electron chi connectivity index (χ3n) is 3.75. The molecule has 1 N–H and O–H groups in total. The summed E-state index contributed by atoms with van der Waals surface area (Å²) in [6.45, 7) is 2.02. The molecule has 104 valence electrons. The van der Waals surface area contributed by atoms with Crippen molar-refractivity contribution < 1.29 is 14.3 Å². The maximum atomic E-state index is 12.5. The molecule has 2 heterocycles. The van der Waals surface area contributed by atoms with Gasteiger partial charge in [0.2, 0.25) is 5.91 Å². The van der Waals surface area contributed by atoms with E-state index in [1.54, 1.807) is 18.9 Å². The van der Waals surface area contributed by atoms with Crippen molar-refractivity contribution in [1.82, 2.24) is 4.98 Å². The van der Waals surface area contributed by atoms with Crippen LogP contribution in [0.2, 0.25) is 0 Å². The highest BCUT2D eigenvalue weighted by Gasteiger charge is 2.35. The van der Waals surface area contributed by atoms with Gasteiger partial charge in [-0.2, -0.15) is 0 Å². The lowest BCUT2D eigenvalue weighted by Crippen LogP contribution is -2.37. The van der Waals surface area contributed by atoms with Crippen LogP contribution in [0.15, 0.2) is 24.4 Å². The van der Waals surface area contributed by atoms with Gasteiger partial charge in [0.05, 0.1) is 12.3 Å². The molecule has 0 aliphatic carbocycles. The highest BCUT2D eigenvalue weighted by molar-refractivity contribution is 6.12. The van der Waals surface area contributed by atoms with Gasteiger partial charge in [-0.1, -0.05) is 6.07 Å². The number of amides is 1. The number of hydrogen-bond acceptors (Lipinski definition) is 3. The standard InChI is InChI=1S/C15H16N2O3/c1-3-20-15(19)10-7-9-8-16-11-5-4-6-12(13(9)11)17(2)14(10)18/h4-6,8,10,16H,3,7H2,1-2H3. The fourth-order valence-electron chi connectivity index (χ4n) is 2.76. The number of aromatic amines is 1. The van der Waals surface area contributed by atoms with E-state index in [1.807, 2.05) is 24.4 Å². The molecule has 5 heteroatoms. The van der Waals surface area contributed by atoms with Crippen LogP contribution in [0, 0.1) is 5.92 Å². The lowest BCUT2D eigenvalue weighted by Gasteiger charge is -2.20. The van der Waals surface area contributed by atoms with Gasteiger partial charge >= 0.3 is 5.97 Å². The van der Waals surface area contributed by atoms with Crippen LogP contribution in [0.3, 0.4) is 0 Å². The first-order chi connectivity index (χ1) is 9.63. The number of aromatic nitrogens is 1. The second-order valence-electron chi connectivity index (χ2n) is 4.92. The fraction of sp³-hybridized carbons (Fsp3) is 0.333. The molecule has 5 nitrogen and oxygen atoms in total. The van der Waals surface area contributed by atoms with Gasteiger partial charge in [0, 0.05) is 24.1 Å². The van der Waals surface area contributed by atoms with Gasteiger partial charge in [-0.05, 0) is 31.0 Å². The van der Waals surface area contributed by atoms with Crippen LogP contribution >= 0.6 is 0 Å². The lowest BCUT2D eigenvalue weighted by atomic mass is 10.00. The first kappa shape index (κ1) is 12.7. The molecule has 0 saturated carbocycles. The van der Waals surface area contributed by atoms with Crippen molar-refractivity contribution in [2.24, 2.45) is 5.92 Å². The predicted octanol–water partition coefficient (Wildman–Crippen LogP) is 1.87. The van der Waals surface area contributed by atoms with Gasteiger partial charge in [-0.3, -0.25) is 9.59 Å². The topological polar surface area (TPSA) is 62.4 Å². The van der Waals surface area contributed by atoms with E-state index in [-0.39, 0.29) is 12.5 Å². The molecule has 3 rings (SSSR count). The zero-order valence-corrected chi connectivity index (χ0v) is 11.5. The average molecular weight is 272 g/mol. The summed E-state index contributed by atoms with van der Waals surface area (Å²) >= 11 is 0. The number of esters is 1. The molecule has 0 saturated heterocycles. The van der Waals surface area contributed by atoms with Crippen LogP contribution < -0.4 is 4.90 Å². The molecular formula is C15H16N2O3. The Labute approximate surface area is 116 Å². The SMILES string of the molecule is CCOC(=O)C1Cc2c[nH]c3cccc(c23)N(C)C1=O. The smallest absolute Gasteiger partial charge is 0.318 e. The number of nitrogens with zero attached hydrogens (tertiary/aromatic N) is 1. The Kier molecular flexibility index (Phi) is 2.97. The van der Waals surface area contributed by atoms with E-state index in [1.165, 1.54) is 0 Å². The molecule has 0 radical (unpaired) electrons. The minimum absolute atomic E-state index is 0.216. The maximum Gasteiger partial charge on any atom is 0.318 e. The summed E-state index contributed by atoms with van der Waals surface area (Å²) in [6.07, 6.45) is 2.24. The highest BCUT2D eigenvalue weighted by Crippen LogP contribution is 2.34. The number of rotatable bonds is 2.